The summed E-state index contributed by atoms with van der Waals surface area (Å²) in [6.45, 7) is 4.54. The van der Waals surface area contributed by atoms with Crippen LogP contribution in [0.15, 0.2) is 70.4 Å². The molecule has 0 saturated carbocycles. The fourth-order valence-electron chi connectivity index (χ4n) is 4.68. The van der Waals surface area contributed by atoms with Crippen LogP contribution in [-0.2, 0) is 36.1 Å². The highest BCUT2D eigenvalue weighted by Gasteiger charge is 2.54. The van der Waals surface area contributed by atoms with Crippen LogP contribution in [0, 0.1) is 0 Å². The van der Waals surface area contributed by atoms with Crippen molar-refractivity contribution < 1.29 is 50.5 Å². The van der Waals surface area contributed by atoms with Gasteiger partial charge in [-0.1, -0.05) is 24.3 Å². The highest BCUT2D eigenvalue weighted by atomic mass is 31.2. The molecule has 3 N–H and O–H groups in total. The normalized spacial score (nSPS) is 23.3. The Hall–Kier alpha value is -3.82. The largest absolute Gasteiger partial charge is 0.462 e. The molecule has 1 aliphatic rings. The number of aliphatic hydroxyl groups excluding tert-OH is 1. The molecule has 256 valence electrons. The number of aromatic nitrogens is 2. The van der Waals surface area contributed by atoms with E-state index in [9.17, 15) is 37.2 Å². The number of esters is 1. The third-order valence-corrected chi connectivity index (χ3v) is 8.89. The Labute approximate surface area is 266 Å². The highest BCUT2D eigenvalue weighted by molar-refractivity contribution is 7.52. The van der Waals surface area contributed by atoms with Gasteiger partial charge < -0.3 is 19.1 Å². The Bertz CT molecular complexity index is 1710. The number of hydrogen-bond acceptors (Lipinski definition) is 9. The molecule has 17 heteroatoms. The van der Waals surface area contributed by atoms with Gasteiger partial charge in [-0.15, -0.1) is 0 Å². The van der Waals surface area contributed by atoms with E-state index in [2.05, 4.69) is 5.09 Å². The fourth-order valence-corrected chi connectivity index (χ4v) is 6.18. The summed E-state index contributed by atoms with van der Waals surface area (Å²) in [5.74, 6) is -0.815. The smallest absolute Gasteiger partial charge is 0.459 e. The van der Waals surface area contributed by atoms with Gasteiger partial charge in [0.1, 0.15) is 30.1 Å². The van der Waals surface area contributed by atoms with Crippen molar-refractivity contribution >= 4 is 13.7 Å². The molecule has 4 rings (SSSR count). The topological polar surface area (TPSA) is 158 Å². The summed E-state index contributed by atoms with van der Waals surface area (Å²) in [6.07, 6.45) is -8.46. The number of carbonyl (C=O) groups is 1. The summed E-state index contributed by atoms with van der Waals surface area (Å²) < 4.78 is 91.4. The maximum Gasteiger partial charge on any atom is 0.459 e. The Morgan fingerprint density at radius 3 is 2.23 bits per heavy atom. The molecule has 1 fully saturated rings. The van der Waals surface area contributed by atoms with Crippen molar-refractivity contribution in [2.75, 3.05) is 6.61 Å². The van der Waals surface area contributed by atoms with Crippen molar-refractivity contribution in [1.29, 1.82) is 0 Å². The first kappa shape index (κ1) is 36.0. The van der Waals surface area contributed by atoms with Gasteiger partial charge in [0, 0.05) is 12.3 Å². The van der Waals surface area contributed by atoms with Gasteiger partial charge in [-0.2, -0.15) is 18.3 Å². The van der Waals surface area contributed by atoms with Crippen LogP contribution in [0.1, 0.15) is 33.3 Å². The number of carbonyl (C=O) groups excluding carboxylic acids is 1. The number of ether oxygens (including phenoxy) is 2. The number of rotatable bonds is 12. The first-order valence-corrected chi connectivity index (χ1v) is 15.9. The van der Waals surface area contributed by atoms with Gasteiger partial charge in [0.25, 0.3) is 5.56 Å². The Morgan fingerprint density at radius 1 is 1.09 bits per heavy atom. The monoisotopic (exact) mass is 687 g/mol. The highest BCUT2D eigenvalue weighted by Crippen LogP contribution is 2.47. The zero-order valence-corrected chi connectivity index (χ0v) is 26.6. The average Bonchev–Trinajstić information content (AvgIpc) is 3.20. The number of alkyl halides is 4. The molecule has 6 atom stereocenters. The van der Waals surface area contributed by atoms with Crippen LogP contribution < -0.4 is 20.9 Å². The Morgan fingerprint density at radius 2 is 1.68 bits per heavy atom. The summed E-state index contributed by atoms with van der Waals surface area (Å²) in [6, 6.07) is 10.0. The minimum atomic E-state index is -4.51. The van der Waals surface area contributed by atoms with Crippen molar-refractivity contribution in [3.8, 4) is 16.9 Å². The van der Waals surface area contributed by atoms with Crippen molar-refractivity contribution in [1.82, 2.24) is 14.6 Å². The molecule has 1 aliphatic heterocycles. The molecule has 0 aliphatic carbocycles. The van der Waals surface area contributed by atoms with Gasteiger partial charge in [0.05, 0.1) is 24.8 Å². The Kier molecular flexibility index (Phi) is 10.8. The average molecular weight is 688 g/mol. The lowest BCUT2D eigenvalue weighted by molar-refractivity contribution is -0.149. The van der Waals surface area contributed by atoms with E-state index in [0.717, 1.165) is 35.9 Å². The standard InChI is InChI=1S/C30H34F4N3O9P/c1-17(2)44-27(40)18(3)36-47(42,46-22-11-7-20(8-12-22)19-5-9-21(10-6-19)30(32,33)34)43-16-23-26(39)29(4,31)24(45-23)15-37-14-13-25(38)35-28(37)41/h5-14,17-18,23-24,26,39H,15-16H2,1-4H3,(H,36,42)(H,35,38,41)/t18-,23?,24-,26+,29-,47?/m0/s1. The predicted molar refractivity (Wildman–Crippen MR) is 160 cm³/mol. The molecule has 0 radical (unpaired) electrons. The summed E-state index contributed by atoms with van der Waals surface area (Å²) in [5, 5.41) is 13.2. The van der Waals surface area contributed by atoms with Crippen molar-refractivity contribution in [2.45, 2.75) is 76.5 Å². The third kappa shape index (κ3) is 8.96. The van der Waals surface area contributed by atoms with Gasteiger partial charge in [0.2, 0.25) is 0 Å². The summed E-state index contributed by atoms with van der Waals surface area (Å²) in [4.78, 5) is 38.0. The molecular formula is C30H34F4N3O9P. The number of hydrogen-bond donors (Lipinski definition) is 3. The minimum absolute atomic E-state index is 0.0283. The quantitative estimate of drug-likeness (QED) is 0.143. The number of benzene rings is 2. The summed E-state index contributed by atoms with van der Waals surface area (Å²) >= 11 is 0. The Balaban J connectivity index is 1.51. The molecular weight excluding hydrogens is 653 g/mol. The number of aliphatic hydroxyl groups is 1. The maximum atomic E-state index is 15.6. The molecule has 0 bridgehead atoms. The van der Waals surface area contributed by atoms with E-state index in [0.29, 0.717) is 11.1 Å². The van der Waals surface area contributed by atoms with Crippen LogP contribution in [0.25, 0.3) is 11.1 Å². The van der Waals surface area contributed by atoms with E-state index in [1.807, 2.05) is 4.98 Å². The van der Waals surface area contributed by atoms with Gasteiger partial charge >= 0.3 is 25.6 Å². The molecule has 1 aromatic heterocycles. The van der Waals surface area contributed by atoms with Crippen molar-refractivity contribution in [3.05, 3.63) is 87.2 Å². The second-order valence-corrected chi connectivity index (χ2v) is 13.0. The van der Waals surface area contributed by atoms with Crippen LogP contribution >= 0.6 is 7.75 Å². The van der Waals surface area contributed by atoms with Crippen LogP contribution in [0.2, 0.25) is 0 Å². The number of nitrogens with one attached hydrogen (secondary N) is 2. The molecule has 47 heavy (non-hydrogen) atoms. The van der Waals surface area contributed by atoms with Crippen LogP contribution in [0.5, 0.6) is 5.75 Å². The first-order valence-electron chi connectivity index (χ1n) is 14.4. The van der Waals surface area contributed by atoms with E-state index < -0.39 is 79.4 Å². The molecule has 12 nitrogen and oxygen atoms in total. The second kappa shape index (κ2) is 14.1. The molecule has 0 amide bonds. The number of aromatic amines is 1. The lowest BCUT2D eigenvalue weighted by Gasteiger charge is -2.25. The first-order chi connectivity index (χ1) is 21.9. The molecule has 0 spiro atoms. The van der Waals surface area contributed by atoms with Gasteiger partial charge in [-0.25, -0.2) is 13.8 Å². The van der Waals surface area contributed by atoms with Crippen molar-refractivity contribution in [3.63, 3.8) is 0 Å². The van der Waals surface area contributed by atoms with E-state index in [1.54, 1.807) is 13.8 Å². The summed E-state index contributed by atoms with van der Waals surface area (Å²) in [7, 11) is -4.51. The minimum Gasteiger partial charge on any atom is -0.462 e. The van der Waals surface area contributed by atoms with E-state index in [-0.39, 0.29) is 12.3 Å². The van der Waals surface area contributed by atoms with Gasteiger partial charge in [-0.3, -0.25) is 23.7 Å². The zero-order valence-electron chi connectivity index (χ0n) is 25.7. The van der Waals surface area contributed by atoms with Gasteiger partial charge in [0.15, 0.2) is 5.67 Å². The molecule has 2 unspecified atom stereocenters. The molecule has 2 aromatic carbocycles. The van der Waals surface area contributed by atoms with E-state index in [1.165, 1.54) is 43.3 Å². The lowest BCUT2D eigenvalue weighted by Crippen LogP contribution is -2.45. The fraction of sp³-hybridized carbons (Fsp3) is 0.433. The number of halogens is 4. The lowest BCUT2D eigenvalue weighted by atomic mass is 9.95. The maximum absolute atomic E-state index is 15.6. The van der Waals surface area contributed by atoms with Gasteiger partial charge in [-0.05, 0) is 63.1 Å². The van der Waals surface area contributed by atoms with Crippen LogP contribution in [-0.4, -0.2) is 63.4 Å². The number of H-pyrrole nitrogens is 1. The van der Waals surface area contributed by atoms with E-state index in [4.69, 9.17) is 18.5 Å². The molecule has 2 heterocycles. The van der Waals surface area contributed by atoms with Crippen molar-refractivity contribution in [2.24, 2.45) is 0 Å². The SMILES string of the molecule is CC(C)OC(=O)[C@H](C)NP(=O)(OCC1O[C@@H](Cn2ccc(=O)[nH]c2=O)[C@](C)(F)[C@@H]1O)Oc1ccc(-c2ccc(C(F)(F)F)cc2)cc1. The second-order valence-electron chi connectivity index (χ2n) is 11.3. The zero-order chi connectivity index (χ0) is 34.7. The number of nitrogens with zero attached hydrogens (tertiary/aromatic N) is 1. The van der Waals surface area contributed by atoms with E-state index >= 15 is 4.39 Å². The van der Waals surface area contributed by atoms with Crippen LogP contribution in [0.4, 0.5) is 17.6 Å². The molecule has 3 aromatic rings. The summed E-state index contributed by atoms with van der Waals surface area (Å²) in [5.41, 5.74) is -3.72. The molecule has 1 saturated heterocycles. The predicted octanol–water partition coefficient (Wildman–Crippen LogP) is 4.21. The third-order valence-electron chi connectivity index (χ3n) is 7.25. The van der Waals surface area contributed by atoms with Crippen LogP contribution in [0.3, 0.4) is 0 Å².